The quantitative estimate of drug-likeness (QED) is 0.556. The van der Waals surface area contributed by atoms with Gasteiger partial charge >= 0.3 is 0 Å². The fraction of sp³-hybridized carbons (Fsp3) is 0.222. The van der Waals surface area contributed by atoms with E-state index in [2.05, 4.69) is 23.1 Å². The van der Waals surface area contributed by atoms with Gasteiger partial charge in [0.15, 0.2) is 5.11 Å². The highest BCUT2D eigenvalue weighted by atomic mass is 32.1. The van der Waals surface area contributed by atoms with E-state index >= 15 is 0 Å². The Morgan fingerprint density at radius 1 is 1.08 bits per heavy atom. The summed E-state index contributed by atoms with van der Waals surface area (Å²) < 4.78 is 26.4. The predicted molar refractivity (Wildman–Crippen MR) is 98.2 cm³/mol. The summed E-state index contributed by atoms with van der Waals surface area (Å²) >= 11 is 5.07. The number of rotatable bonds is 5. The van der Waals surface area contributed by atoms with E-state index in [0.717, 1.165) is 37.1 Å². The first-order chi connectivity index (χ1) is 12.0. The first-order valence-corrected chi connectivity index (χ1v) is 8.31. The molecule has 0 radical (unpaired) electrons. The number of aryl methyl sites for hydroxylation is 1. The van der Waals surface area contributed by atoms with Gasteiger partial charge in [-0.05, 0) is 54.9 Å². The topological polar surface area (TPSA) is 53.2 Å². The standard InChI is InChI=1S/C18H19F2N3OS/c1-2-3-4-12-5-8-14(9-6-12)21-18(25)23-22-17(24)15-10-7-13(19)11-16(15)20/h5-11H,2-4H2,1H3,(H,22,24)(H2,21,23,25). The molecule has 0 fully saturated rings. The zero-order valence-corrected chi connectivity index (χ0v) is 14.6. The summed E-state index contributed by atoms with van der Waals surface area (Å²) in [6.45, 7) is 2.14. The monoisotopic (exact) mass is 363 g/mol. The molecule has 1 amide bonds. The molecule has 2 rings (SSSR count). The van der Waals surface area contributed by atoms with Gasteiger partial charge in [-0.2, -0.15) is 0 Å². The van der Waals surface area contributed by atoms with Crippen molar-refractivity contribution in [1.82, 2.24) is 10.9 Å². The first-order valence-electron chi connectivity index (χ1n) is 7.91. The van der Waals surface area contributed by atoms with Crippen molar-refractivity contribution in [1.29, 1.82) is 0 Å². The average Bonchev–Trinajstić information content (AvgIpc) is 2.59. The number of hydrazine groups is 1. The van der Waals surface area contributed by atoms with E-state index in [1.54, 1.807) is 0 Å². The maximum atomic E-state index is 13.5. The Bertz CT molecular complexity index is 750. The number of unbranched alkanes of at least 4 members (excludes halogenated alkanes) is 1. The fourth-order valence-corrected chi connectivity index (χ4v) is 2.32. The van der Waals surface area contributed by atoms with Gasteiger partial charge in [0, 0.05) is 11.8 Å². The molecular formula is C18H19F2N3OS. The lowest BCUT2D eigenvalue weighted by molar-refractivity contribution is 0.0940. The van der Waals surface area contributed by atoms with Gasteiger partial charge < -0.3 is 5.32 Å². The normalized spacial score (nSPS) is 10.2. The molecule has 2 aromatic rings. The largest absolute Gasteiger partial charge is 0.331 e. The molecule has 0 aromatic heterocycles. The van der Waals surface area contributed by atoms with Crippen LogP contribution in [-0.4, -0.2) is 11.0 Å². The zero-order chi connectivity index (χ0) is 18.2. The Morgan fingerprint density at radius 2 is 1.80 bits per heavy atom. The summed E-state index contributed by atoms with van der Waals surface area (Å²) in [6, 6.07) is 10.5. The molecule has 7 heteroatoms. The molecule has 0 unspecified atom stereocenters. The summed E-state index contributed by atoms with van der Waals surface area (Å²) in [5.41, 5.74) is 6.47. The van der Waals surface area contributed by atoms with Crippen LogP contribution >= 0.6 is 12.2 Å². The minimum absolute atomic E-state index is 0.150. The zero-order valence-electron chi connectivity index (χ0n) is 13.7. The van der Waals surface area contributed by atoms with Crippen LogP contribution in [0, 0.1) is 11.6 Å². The van der Waals surface area contributed by atoms with E-state index in [9.17, 15) is 13.6 Å². The molecule has 2 aromatic carbocycles. The average molecular weight is 363 g/mol. The molecule has 0 spiro atoms. The molecule has 0 saturated carbocycles. The third kappa shape index (κ3) is 5.79. The Morgan fingerprint density at radius 3 is 2.44 bits per heavy atom. The van der Waals surface area contributed by atoms with Crippen LogP contribution in [0.4, 0.5) is 14.5 Å². The molecule has 0 bridgehead atoms. The van der Waals surface area contributed by atoms with Gasteiger partial charge in [-0.1, -0.05) is 25.5 Å². The van der Waals surface area contributed by atoms with Gasteiger partial charge in [0.2, 0.25) is 0 Å². The maximum absolute atomic E-state index is 13.5. The molecule has 0 saturated heterocycles. The van der Waals surface area contributed by atoms with E-state index in [1.165, 1.54) is 5.56 Å². The van der Waals surface area contributed by atoms with Crippen LogP contribution in [0.25, 0.3) is 0 Å². The summed E-state index contributed by atoms with van der Waals surface area (Å²) in [7, 11) is 0. The Balaban J connectivity index is 1.84. The maximum Gasteiger partial charge on any atom is 0.272 e. The number of halogens is 2. The van der Waals surface area contributed by atoms with E-state index in [-0.39, 0.29) is 10.7 Å². The lowest BCUT2D eigenvalue weighted by atomic mass is 10.1. The summed E-state index contributed by atoms with van der Waals surface area (Å²) in [4.78, 5) is 11.9. The number of nitrogens with one attached hydrogen (secondary N) is 3. The van der Waals surface area contributed by atoms with Gasteiger partial charge in [-0.15, -0.1) is 0 Å². The van der Waals surface area contributed by atoms with Crippen LogP contribution in [0.5, 0.6) is 0 Å². The third-order valence-electron chi connectivity index (χ3n) is 3.50. The molecule has 0 heterocycles. The van der Waals surface area contributed by atoms with Crippen LogP contribution in [-0.2, 0) is 6.42 Å². The Hall–Kier alpha value is -2.54. The molecule has 3 N–H and O–H groups in total. The van der Waals surface area contributed by atoms with E-state index in [4.69, 9.17) is 12.2 Å². The van der Waals surface area contributed by atoms with E-state index in [1.807, 2.05) is 24.3 Å². The molecule has 0 aliphatic carbocycles. The highest BCUT2D eigenvalue weighted by Gasteiger charge is 2.12. The third-order valence-corrected chi connectivity index (χ3v) is 3.70. The number of hydrogen-bond donors (Lipinski definition) is 3. The highest BCUT2D eigenvalue weighted by Crippen LogP contribution is 2.12. The second-order valence-corrected chi connectivity index (χ2v) is 5.87. The van der Waals surface area contributed by atoms with Crippen LogP contribution in [0.3, 0.4) is 0 Å². The van der Waals surface area contributed by atoms with Crippen molar-refractivity contribution in [2.24, 2.45) is 0 Å². The number of amides is 1. The summed E-state index contributed by atoms with van der Waals surface area (Å²) in [5.74, 6) is -2.45. The van der Waals surface area contributed by atoms with Crippen molar-refractivity contribution in [3.05, 3.63) is 65.2 Å². The van der Waals surface area contributed by atoms with Crippen molar-refractivity contribution in [2.45, 2.75) is 26.2 Å². The van der Waals surface area contributed by atoms with Crippen molar-refractivity contribution >= 4 is 28.9 Å². The molecule has 0 atom stereocenters. The van der Waals surface area contributed by atoms with E-state index in [0.29, 0.717) is 6.07 Å². The number of carbonyl (C=O) groups excluding carboxylic acids is 1. The van der Waals surface area contributed by atoms with Crippen LogP contribution < -0.4 is 16.2 Å². The van der Waals surface area contributed by atoms with Crippen molar-refractivity contribution in [3.8, 4) is 0 Å². The van der Waals surface area contributed by atoms with Gasteiger partial charge in [0.05, 0.1) is 5.56 Å². The Kier molecular flexibility index (Phi) is 6.82. The van der Waals surface area contributed by atoms with Gasteiger partial charge in [0.25, 0.3) is 5.91 Å². The number of carbonyl (C=O) groups is 1. The van der Waals surface area contributed by atoms with Crippen molar-refractivity contribution < 1.29 is 13.6 Å². The lowest BCUT2D eigenvalue weighted by Crippen LogP contribution is -2.44. The fourth-order valence-electron chi connectivity index (χ4n) is 2.15. The SMILES string of the molecule is CCCCc1ccc(NC(=S)NNC(=O)c2ccc(F)cc2F)cc1. The highest BCUT2D eigenvalue weighted by molar-refractivity contribution is 7.80. The number of benzene rings is 2. The smallest absolute Gasteiger partial charge is 0.272 e. The first kappa shape index (κ1) is 18.8. The van der Waals surface area contributed by atoms with Crippen LogP contribution in [0.2, 0.25) is 0 Å². The Labute approximate surface area is 150 Å². The minimum atomic E-state index is -0.944. The molecular weight excluding hydrogens is 344 g/mol. The van der Waals surface area contributed by atoms with Crippen LogP contribution in [0.15, 0.2) is 42.5 Å². The van der Waals surface area contributed by atoms with Gasteiger partial charge in [0.1, 0.15) is 11.6 Å². The predicted octanol–water partition coefficient (Wildman–Crippen LogP) is 3.94. The van der Waals surface area contributed by atoms with Gasteiger partial charge in [-0.3, -0.25) is 15.6 Å². The molecule has 0 aliphatic rings. The van der Waals surface area contributed by atoms with Crippen LogP contribution in [0.1, 0.15) is 35.7 Å². The molecule has 25 heavy (non-hydrogen) atoms. The summed E-state index contributed by atoms with van der Waals surface area (Å²) in [6.07, 6.45) is 3.31. The number of anilines is 1. The molecule has 0 aliphatic heterocycles. The number of hydrogen-bond acceptors (Lipinski definition) is 2. The van der Waals surface area contributed by atoms with Crippen molar-refractivity contribution in [2.75, 3.05) is 5.32 Å². The number of thiocarbonyl (C=S) groups is 1. The van der Waals surface area contributed by atoms with E-state index < -0.39 is 17.5 Å². The van der Waals surface area contributed by atoms with Crippen molar-refractivity contribution in [3.63, 3.8) is 0 Å². The molecule has 132 valence electrons. The molecule has 4 nitrogen and oxygen atoms in total. The minimum Gasteiger partial charge on any atom is -0.331 e. The second kappa shape index (κ2) is 9.08. The lowest BCUT2D eigenvalue weighted by Gasteiger charge is -2.12. The summed E-state index contributed by atoms with van der Waals surface area (Å²) in [5, 5.41) is 3.06. The second-order valence-electron chi connectivity index (χ2n) is 5.46. The van der Waals surface area contributed by atoms with Gasteiger partial charge in [-0.25, -0.2) is 8.78 Å².